The van der Waals surface area contributed by atoms with Gasteiger partial charge in [-0.15, -0.1) is 11.8 Å². The molecule has 37 heavy (non-hydrogen) atoms. The van der Waals surface area contributed by atoms with E-state index in [-0.39, 0.29) is 23.2 Å². The maximum Gasteiger partial charge on any atom is 0.252 e. The average Bonchev–Trinajstić information content (AvgIpc) is 3.32. The van der Waals surface area contributed by atoms with Crippen LogP contribution in [0.2, 0.25) is 0 Å². The van der Waals surface area contributed by atoms with Crippen molar-refractivity contribution in [3.05, 3.63) is 143 Å². The van der Waals surface area contributed by atoms with Crippen molar-refractivity contribution >= 4 is 23.6 Å². The Balaban J connectivity index is 1.31. The van der Waals surface area contributed by atoms with E-state index in [0.717, 1.165) is 28.7 Å². The highest BCUT2D eigenvalue weighted by Gasteiger charge is 2.32. The van der Waals surface area contributed by atoms with Crippen LogP contribution in [0, 0.1) is 6.92 Å². The van der Waals surface area contributed by atoms with Gasteiger partial charge in [0.05, 0.1) is 11.8 Å². The molecule has 1 aliphatic heterocycles. The number of nitrogens with zero attached hydrogens (tertiary/aromatic N) is 1. The van der Waals surface area contributed by atoms with Crippen LogP contribution in [0.5, 0.6) is 0 Å². The van der Waals surface area contributed by atoms with Crippen LogP contribution < -0.4 is 5.32 Å². The highest BCUT2D eigenvalue weighted by Crippen LogP contribution is 2.38. The molecule has 4 nitrogen and oxygen atoms in total. The Morgan fingerprint density at radius 2 is 1.54 bits per heavy atom. The molecule has 1 fully saturated rings. The molecule has 186 valence electrons. The number of aryl methyl sites for hydroxylation is 1. The molecule has 0 aromatic heterocycles. The first-order valence-corrected chi connectivity index (χ1v) is 13.6. The number of hydrogen-bond donors (Lipinski definition) is 1. The molecule has 0 unspecified atom stereocenters. The lowest BCUT2D eigenvalue weighted by molar-refractivity contribution is -0.128. The lowest BCUT2D eigenvalue weighted by Crippen LogP contribution is -2.31. The monoisotopic (exact) mass is 506 g/mol. The van der Waals surface area contributed by atoms with Gasteiger partial charge in [0.25, 0.3) is 5.91 Å². The van der Waals surface area contributed by atoms with Crippen LogP contribution in [0.1, 0.15) is 49.6 Å². The first-order chi connectivity index (χ1) is 18.1. The zero-order chi connectivity index (χ0) is 25.6. The molecule has 4 aromatic carbocycles. The van der Waals surface area contributed by atoms with Crippen LogP contribution in [-0.2, 0) is 11.2 Å². The first-order valence-electron chi connectivity index (χ1n) is 12.6. The van der Waals surface area contributed by atoms with Gasteiger partial charge < -0.3 is 10.2 Å². The van der Waals surface area contributed by atoms with Crippen LogP contribution >= 0.6 is 11.8 Å². The molecule has 0 aliphatic carbocycles. The number of carbonyl (C=O) groups is 2. The molecule has 1 N–H and O–H groups in total. The third-order valence-corrected chi connectivity index (χ3v) is 8.07. The number of benzene rings is 4. The van der Waals surface area contributed by atoms with E-state index in [2.05, 4.69) is 36.5 Å². The minimum absolute atomic E-state index is 0.0302. The summed E-state index contributed by atoms with van der Waals surface area (Å²) in [5.74, 6) is 0.521. The SMILES string of the molecule is Cc1ccccc1[C@@H](NC(=O)c1ccc([C@@H]2SCC(=O)N2CCc2ccccc2)cc1)c1ccccc1. The second-order valence-corrected chi connectivity index (χ2v) is 10.4. The molecule has 1 heterocycles. The van der Waals surface area contributed by atoms with Crippen molar-refractivity contribution in [3.8, 4) is 0 Å². The Labute approximate surface area is 222 Å². The zero-order valence-corrected chi connectivity index (χ0v) is 21.7. The second-order valence-electron chi connectivity index (χ2n) is 9.28. The fourth-order valence-electron chi connectivity index (χ4n) is 4.78. The van der Waals surface area contributed by atoms with Gasteiger partial charge in [0.2, 0.25) is 5.91 Å². The van der Waals surface area contributed by atoms with Crippen LogP contribution in [0.4, 0.5) is 0 Å². The van der Waals surface area contributed by atoms with E-state index >= 15 is 0 Å². The number of thioether (sulfide) groups is 1. The minimum atomic E-state index is -0.244. The molecule has 0 saturated carbocycles. The quantitative estimate of drug-likeness (QED) is 0.304. The summed E-state index contributed by atoms with van der Waals surface area (Å²) in [5, 5.41) is 3.21. The molecule has 1 aliphatic rings. The number of rotatable bonds is 8. The molecule has 0 bridgehead atoms. The molecular formula is C32H30N2O2S. The van der Waals surface area contributed by atoms with Gasteiger partial charge in [0, 0.05) is 12.1 Å². The molecule has 5 rings (SSSR count). The highest BCUT2D eigenvalue weighted by molar-refractivity contribution is 8.00. The molecule has 0 radical (unpaired) electrons. The van der Waals surface area contributed by atoms with Crippen LogP contribution in [0.25, 0.3) is 0 Å². The van der Waals surface area contributed by atoms with E-state index in [1.54, 1.807) is 11.8 Å². The smallest absolute Gasteiger partial charge is 0.252 e. The Kier molecular flexibility index (Phi) is 7.71. The third kappa shape index (κ3) is 5.78. The van der Waals surface area contributed by atoms with Crippen LogP contribution in [-0.4, -0.2) is 29.0 Å². The standard InChI is InChI=1S/C32H30N2O2S/c1-23-10-8-9-15-28(23)30(25-13-6-3-7-14-25)33-31(36)26-16-18-27(19-17-26)32-34(29(35)22-37-32)21-20-24-11-4-2-5-12-24/h2-19,30,32H,20-22H2,1H3,(H,33,36)/t30-,32-/m0/s1. The molecule has 2 atom stereocenters. The van der Waals surface area contributed by atoms with Crippen molar-refractivity contribution in [2.45, 2.75) is 24.8 Å². The number of carbonyl (C=O) groups excluding carboxylic acids is 2. The molecule has 1 saturated heterocycles. The van der Waals surface area contributed by atoms with Crippen LogP contribution in [0.15, 0.2) is 109 Å². The first kappa shape index (κ1) is 24.8. The van der Waals surface area contributed by atoms with Gasteiger partial charge in [-0.05, 0) is 53.3 Å². The van der Waals surface area contributed by atoms with Gasteiger partial charge in [-0.1, -0.05) is 97.1 Å². The van der Waals surface area contributed by atoms with E-state index < -0.39 is 0 Å². The van der Waals surface area contributed by atoms with E-state index in [4.69, 9.17) is 0 Å². The summed E-state index contributed by atoms with van der Waals surface area (Å²) in [6.07, 6.45) is 0.823. The summed E-state index contributed by atoms with van der Waals surface area (Å²) in [4.78, 5) is 27.9. The lowest BCUT2D eigenvalue weighted by atomic mass is 9.94. The molecule has 0 spiro atoms. The van der Waals surface area contributed by atoms with E-state index in [1.807, 2.05) is 89.8 Å². The van der Waals surface area contributed by atoms with Crippen molar-refractivity contribution in [1.29, 1.82) is 0 Å². The van der Waals surface area contributed by atoms with Crippen molar-refractivity contribution in [3.63, 3.8) is 0 Å². The predicted octanol–water partition coefficient (Wildman–Crippen LogP) is 6.33. The van der Waals surface area contributed by atoms with Crippen molar-refractivity contribution < 1.29 is 9.59 Å². The molecule has 2 amide bonds. The van der Waals surface area contributed by atoms with Gasteiger partial charge in [-0.2, -0.15) is 0 Å². The third-order valence-electron chi connectivity index (χ3n) is 6.82. The van der Waals surface area contributed by atoms with E-state index in [1.165, 1.54) is 5.56 Å². The summed E-state index contributed by atoms with van der Waals surface area (Å²) in [6.45, 7) is 2.74. The maximum atomic E-state index is 13.3. The number of nitrogens with one attached hydrogen (secondary N) is 1. The summed E-state index contributed by atoms with van der Waals surface area (Å²) < 4.78 is 0. The fraction of sp³-hybridized carbons (Fsp3) is 0.188. The Morgan fingerprint density at radius 1 is 0.892 bits per heavy atom. The van der Waals surface area contributed by atoms with Gasteiger partial charge >= 0.3 is 0 Å². The largest absolute Gasteiger partial charge is 0.341 e. The summed E-state index contributed by atoms with van der Waals surface area (Å²) in [6, 6.07) is 35.9. The molecule has 4 aromatic rings. The fourth-order valence-corrected chi connectivity index (χ4v) is 6.00. The van der Waals surface area contributed by atoms with Crippen molar-refractivity contribution in [2.24, 2.45) is 0 Å². The van der Waals surface area contributed by atoms with Crippen molar-refractivity contribution in [1.82, 2.24) is 10.2 Å². The van der Waals surface area contributed by atoms with E-state index in [9.17, 15) is 9.59 Å². The Morgan fingerprint density at radius 3 is 2.24 bits per heavy atom. The summed E-state index contributed by atoms with van der Waals surface area (Å²) >= 11 is 1.64. The van der Waals surface area contributed by atoms with Gasteiger partial charge in [-0.25, -0.2) is 0 Å². The minimum Gasteiger partial charge on any atom is -0.341 e. The van der Waals surface area contributed by atoms with E-state index in [0.29, 0.717) is 17.9 Å². The second kappa shape index (κ2) is 11.5. The zero-order valence-electron chi connectivity index (χ0n) is 20.8. The van der Waals surface area contributed by atoms with Crippen LogP contribution in [0.3, 0.4) is 0 Å². The Bertz CT molecular complexity index is 1360. The van der Waals surface area contributed by atoms with Gasteiger partial charge in [-0.3, -0.25) is 9.59 Å². The number of amides is 2. The van der Waals surface area contributed by atoms with Gasteiger partial charge in [0.1, 0.15) is 5.37 Å². The molecular weight excluding hydrogens is 476 g/mol. The van der Waals surface area contributed by atoms with Crippen molar-refractivity contribution in [2.75, 3.05) is 12.3 Å². The maximum absolute atomic E-state index is 13.3. The molecule has 5 heteroatoms. The Hall–Kier alpha value is -3.83. The van der Waals surface area contributed by atoms with Gasteiger partial charge in [0.15, 0.2) is 0 Å². The summed E-state index contributed by atoms with van der Waals surface area (Å²) in [5.41, 5.74) is 6.11. The highest BCUT2D eigenvalue weighted by atomic mass is 32.2. The lowest BCUT2D eigenvalue weighted by Gasteiger charge is -2.25. The predicted molar refractivity (Wildman–Crippen MR) is 150 cm³/mol. The average molecular weight is 507 g/mol. The number of hydrogen-bond acceptors (Lipinski definition) is 3. The normalized spacial score (nSPS) is 16.0. The summed E-state index contributed by atoms with van der Waals surface area (Å²) in [7, 11) is 0. The topological polar surface area (TPSA) is 49.4 Å².